The summed E-state index contributed by atoms with van der Waals surface area (Å²) in [4.78, 5) is 0. The van der Waals surface area contributed by atoms with Crippen molar-refractivity contribution in [2.75, 3.05) is 31.4 Å². The highest BCUT2D eigenvalue weighted by molar-refractivity contribution is 9.10. The van der Waals surface area contributed by atoms with Gasteiger partial charge in [0.05, 0.1) is 5.69 Å². The highest BCUT2D eigenvalue weighted by Gasteiger charge is 2.16. The summed E-state index contributed by atoms with van der Waals surface area (Å²) in [7, 11) is -1.90. The minimum Gasteiger partial charge on any atom is -0.317 e. The summed E-state index contributed by atoms with van der Waals surface area (Å²) in [5, 5.41) is 3.25. The molecular formula is C13H22BrN3O2S. The molecule has 20 heavy (non-hydrogen) atoms. The van der Waals surface area contributed by atoms with Crippen molar-refractivity contribution in [3.8, 4) is 0 Å². The van der Waals surface area contributed by atoms with Gasteiger partial charge in [-0.1, -0.05) is 28.9 Å². The first kappa shape index (κ1) is 17.4. The first-order chi connectivity index (χ1) is 9.45. The average Bonchev–Trinajstić information content (AvgIpc) is 2.37. The normalized spacial score (nSPS) is 11.8. The van der Waals surface area contributed by atoms with E-state index in [1.807, 2.05) is 6.07 Å². The third-order valence-electron chi connectivity index (χ3n) is 2.74. The van der Waals surface area contributed by atoms with Crippen LogP contribution in [0.25, 0.3) is 0 Å². The van der Waals surface area contributed by atoms with Crippen LogP contribution in [-0.2, 0) is 10.2 Å². The number of benzene rings is 1. The van der Waals surface area contributed by atoms with Crippen molar-refractivity contribution in [1.82, 2.24) is 9.62 Å². The van der Waals surface area contributed by atoms with Gasteiger partial charge in [-0.15, -0.1) is 0 Å². The number of rotatable bonds is 9. The Morgan fingerprint density at radius 3 is 2.70 bits per heavy atom. The van der Waals surface area contributed by atoms with Crippen LogP contribution in [0.15, 0.2) is 28.7 Å². The Hall–Kier alpha value is -0.630. The lowest BCUT2D eigenvalue weighted by atomic mass is 10.3. The Balaban J connectivity index is 2.47. The maximum absolute atomic E-state index is 12.1. The van der Waals surface area contributed by atoms with E-state index >= 15 is 0 Å². The highest BCUT2D eigenvalue weighted by Crippen LogP contribution is 2.17. The fourth-order valence-corrected chi connectivity index (χ4v) is 2.98. The molecule has 1 aromatic rings. The molecule has 0 atom stereocenters. The summed E-state index contributed by atoms with van der Waals surface area (Å²) < 4.78 is 29.0. The molecular weight excluding hydrogens is 342 g/mol. The van der Waals surface area contributed by atoms with Crippen LogP contribution in [-0.4, -0.2) is 39.4 Å². The fraction of sp³-hybridized carbons (Fsp3) is 0.538. The van der Waals surface area contributed by atoms with Crippen molar-refractivity contribution in [3.63, 3.8) is 0 Å². The lowest BCUT2D eigenvalue weighted by Crippen LogP contribution is -2.34. The number of hydrogen-bond donors (Lipinski definition) is 2. The van der Waals surface area contributed by atoms with E-state index in [1.54, 1.807) is 25.2 Å². The van der Waals surface area contributed by atoms with Gasteiger partial charge in [-0.2, -0.15) is 12.7 Å². The van der Waals surface area contributed by atoms with Crippen LogP contribution in [0.3, 0.4) is 0 Å². The average molecular weight is 364 g/mol. The van der Waals surface area contributed by atoms with Crippen molar-refractivity contribution < 1.29 is 8.42 Å². The zero-order valence-corrected chi connectivity index (χ0v) is 14.3. The van der Waals surface area contributed by atoms with Crippen LogP contribution in [0, 0.1) is 0 Å². The summed E-state index contributed by atoms with van der Waals surface area (Å²) in [5.74, 6) is 0. The maximum atomic E-state index is 12.1. The van der Waals surface area contributed by atoms with Crippen LogP contribution >= 0.6 is 15.9 Å². The van der Waals surface area contributed by atoms with E-state index < -0.39 is 10.2 Å². The second-order valence-electron chi connectivity index (χ2n) is 4.54. The smallest absolute Gasteiger partial charge is 0.301 e. The number of nitrogens with one attached hydrogen (secondary N) is 2. The Labute approximate surface area is 130 Å². The monoisotopic (exact) mass is 363 g/mol. The molecule has 1 rings (SSSR count). The molecule has 0 saturated heterocycles. The molecule has 0 aliphatic carbocycles. The van der Waals surface area contributed by atoms with E-state index in [0.717, 1.165) is 30.4 Å². The minimum atomic E-state index is -3.49. The van der Waals surface area contributed by atoms with E-state index in [0.29, 0.717) is 12.2 Å². The second-order valence-corrected chi connectivity index (χ2v) is 7.24. The molecule has 114 valence electrons. The number of halogens is 1. The molecule has 0 unspecified atom stereocenters. The zero-order chi connectivity index (χ0) is 15.0. The van der Waals surface area contributed by atoms with Gasteiger partial charge < -0.3 is 5.32 Å². The molecule has 5 nitrogen and oxygen atoms in total. The molecule has 0 aliphatic heterocycles. The third kappa shape index (κ3) is 6.21. The molecule has 0 fully saturated rings. The Morgan fingerprint density at radius 2 is 2.05 bits per heavy atom. The summed E-state index contributed by atoms with van der Waals surface area (Å²) in [5.41, 5.74) is 0.551. The molecule has 0 bridgehead atoms. The summed E-state index contributed by atoms with van der Waals surface area (Å²) in [6.45, 7) is 4.38. The minimum absolute atomic E-state index is 0.486. The molecule has 1 aromatic carbocycles. The van der Waals surface area contributed by atoms with E-state index in [1.165, 1.54) is 4.31 Å². The quantitative estimate of drug-likeness (QED) is 0.662. The van der Waals surface area contributed by atoms with Crippen LogP contribution < -0.4 is 10.0 Å². The van der Waals surface area contributed by atoms with Crippen LogP contribution in [0.1, 0.15) is 19.8 Å². The van der Waals surface area contributed by atoms with Gasteiger partial charge >= 0.3 is 10.2 Å². The number of hydrogen-bond acceptors (Lipinski definition) is 3. The molecule has 7 heteroatoms. The molecule has 0 aromatic heterocycles. The molecule has 0 heterocycles. The topological polar surface area (TPSA) is 61.4 Å². The lowest BCUT2D eigenvalue weighted by molar-refractivity contribution is 0.458. The van der Waals surface area contributed by atoms with Gasteiger partial charge in [0.2, 0.25) is 0 Å². The molecule has 0 aliphatic rings. The second kappa shape index (κ2) is 8.61. The summed E-state index contributed by atoms with van der Waals surface area (Å²) >= 11 is 3.32. The molecule has 0 amide bonds. The van der Waals surface area contributed by atoms with Crippen molar-refractivity contribution in [3.05, 3.63) is 28.7 Å². The zero-order valence-electron chi connectivity index (χ0n) is 11.9. The van der Waals surface area contributed by atoms with Crippen LogP contribution in [0.4, 0.5) is 5.69 Å². The Bertz CT molecular complexity index is 508. The van der Waals surface area contributed by atoms with E-state index in [9.17, 15) is 8.42 Å². The maximum Gasteiger partial charge on any atom is 0.301 e. The van der Waals surface area contributed by atoms with Gasteiger partial charge in [-0.25, -0.2) is 0 Å². The number of anilines is 1. The lowest BCUT2D eigenvalue weighted by Gasteiger charge is -2.18. The molecule has 0 saturated carbocycles. The van der Waals surface area contributed by atoms with E-state index in [2.05, 4.69) is 32.9 Å². The first-order valence-corrected chi connectivity index (χ1v) is 8.89. The predicted molar refractivity (Wildman–Crippen MR) is 87.1 cm³/mol. The van der Waals surface area contributed by atoms with Gasteiger partial charge in [-0.3, -0.25) is 4.72 Å². The fourth-order valence-electron chi connectivity index (χ4n) is 1.63. The molecule has 0 radical (unpaired) electrons. The highest BCUT2D eigenvalue weighted by atomic mass is 79.9. The van der Waals surface area contributed by atoms with E-state index in [4.69, 9.17) is 0 Å². The van der Waals surface area contributed by atoms with Crippen molar-refractivity contribution in [2.24, 2.45) is 0 Å². The standard InChI is InChI=1S/C13H22BrN3O2S/c1-3-8-15-9-5-10-17(2)20(18,19)16-13-7-4-6-12(14)11-13/h4,6-7,11,15-16H,3,5,8-10H2,1-2H3. The molecule has 0 spiro atoms. The number of nitrogens with zero attached hydrogens (tertiary/aromatic N) is 1. The Morgan fingerprint density at radius 1 is 1.30 bits per heavy atom. The van der Waals surface area contributed by atoms with Gasteiger partial charge in [0.15, 0.2) is 0 Å². The van der Waals surface area contributed by atoms with Gasteiger partial charge in [0.25, 0.3) is 0 Å². The van der Waals surface area contributed by atoms with Crippen molar-refractivity contribution in [1.29, 1.82) is 0 Å². The Kier molecular flexibility index (Phi) is 7.50. The van der Waals surface area contributed by atoms with Crippen LogP contribution in [0.5, 0.6) is 0 Å². The third-order valence-corrected chi connectivity index (χ3v) is 4.73. The SMILES string of the molecule is CCCNCCCN(C)S(=O)(=O)Nc1cccc(Br)c1. The van der Waals surface area contributed by atoms with Crippen LogP contribution in [0.2, 0.25) is 0 Å². The van der Waals surface area contributed by atoms with Crippen molar-refractivity contribution in [2.45, 2.75) is 19.8 Å². The first-order valence-electron chi connectivity index (χ1n) is 6.66. The van der Waals surface area contributed by atoms with Gasteiger partial charge in [0.1, 0.15) is 0 Å². The predicted octanol–water partition coefficient (Wildman–Crippen LogP) is 2.43. The largest absolute Gasteiger partial charge is 0.317 e. The van der Waals surface area contributed by atoms with Crippen molar-refractivity contribution >= 4 is 31.8 Å². The summed E-state index contributed by atoms with van der Waals surface area (Å²) in [6, 6.07) is 7.09. The molecule has 2 N–H and O–H groups in total. The summed E-state index contributed by atoms with van der Waals surface area (Å²) in [6.07, 6.45) is 1.87. The van der Waals surface area contributed by atoms with Gasteiger partial charge in [0, 0.05) is 18.1 Å². The van der Waals surface area contributed by atoms with Gasteiger partial charge in [-0.05, 0) is 44.1 Å². The van der Waals surface area contributed by atoms with E-state index in [-0.39, 0.29) is 0 Å².